The van der Waals surface area contributed by atoms with Crippen LogP contribution in [0.1, 0.15) is 32.3 Å². The Morgan fingerprint density at radius 3 is 2.60 bits per heavy atom. The number of halogens is 2. The molecule has 0 fully saturated rings. The van der Waals surface area contributed by atoms with Crippen molar-refractivity contribution >= 4 is 0 Å². The van der Waals surface area contributed by atoms with Crippen molar-refractivity contribution in [1.82, 2.24) is 5.32 Å². The molecule has 0 spiro atoms. The molecule has 3 nitrogen and oxygen atoms in total. The van der Waals surface area contributed by atoms with Crippen molar-refractivity contribution < 1.29 is 18.3 Å². The molecule has 0 aliphatic heterocycles. The Morgan fingerprint density at radius 1 is 1.15 bits per heavy atom. The van der Waals surface area contributed by atoms with Crippen LogP contribution in [0, 0.1) is 0 Å². The van der Waals surface area contributed by atoms with Crippen LogP contribution in [-0.4, -0.2) is 26.2 Å². The Hall–Kier alpha value is -1.36. The van der Waals surface area contributed by atoms with Gasteiger partial charge in [0.1, 0.15) is 18.1 Å². The van der Waals surface area contributed by atoms with Crippen LogP contribution >= 0.6 is 0 Å². The molecule has 1 aromatic rings. The van der Waals surface area contributed by atoms with Gasteiger partial charge in [-0.15, -0.1) is 0 Å². The molecule has 0 radical (unpaired) electrons. The van der Waals surface area contributed by atoms with Gasteiger partial charge in [0.15, 0.2) is 0 Å². The fourth-order valence-corrected chi connectivity index (χ4v) is 1.68. The largest absolute Gasteiger partial charge is 0.493 e. The number of ether oxygens (including phenoxy) is 2. The van der Waals surface area contributed by atoms with Crippen molar-refractivity contribution in [2.24, 2.45) is 0 Å². The molecule has 0 aromatic heterocycles. The Morgan fingerprint density at radius 2 is 1.95 bits per heavy atom. The summed E-state index contributed by atoms with van der Waals surface area (Å²) in [5, 5.41) is 3.23. The van der Waals surface area contributed by atoms with E-state index in [4.69, 9.17) is 9.47 Å². The third-order valence-electron chi connectivity index (χ3n) is 2.62. The molecule has 0 bridgehead atoms. The van der Waals surface area contributed by atoms with Crippen LogP contribution < -0.4 is 14.8 Å². The monoisotopic (exact) mass is 287 g/mol. The van der Waals surface area contributed by atoms with Gasteiger partial charge in [0.2, 0.25) is 0 Å². The van der Waals surface area contributed by atoms with Crippen LogP contribution in [-0.2, 0) is 6.54 Å². The lowest BCUT2D eigenvalue weighted by molar-refractivity contribution is 0.0812. The molecule has 0 saturated heterocycles. The van der Waals surface area contributed by atoms with Crippen molar-refractivity contribution in [1.29, 1.82) is 0 Å². The summed E-state index contributed by atoms with van der Waals surface area (Å²) in [5.41, 5.74) is 0.864. The van der Waals surface area contributed by atoms with Gasteiger partial charge in [-0.3, -0.25) is 0 Å². The normalized spacial score (nSPS) is 10.8. The highest BCUT2D eigenvalue weighted by molar-refractivity contribution is 5.40. The van der Waals surface area contributed by atoms with Crippen molar-refractivity contribution in [2.45, 2.75) is 39.7 Å². The standard InChI is InChI=1S/C15H23F2NO2/c1-3-7-18-10-12-5-6-13(19-8-4-2)9-14(12)20-11-15(16)17/h5-6,9,15,18H,3-4,7-8,10-11H2,1-2H3. The van der Waals surface area contributed by atoms with E-state index in [-0.39, 0.29) is 0 Å². The summed E-state index contributed by atoms with van der Waals surface area (Å²) in [6.45, 7) is 5.56. The molecule has 0 aliphatic rings. The fraction of sp³-hybridized carbons (Fsp3) is 0.600. The van der Waals surface area contributed by atoms with Gasteiger partial charge in [0.05, 0.1) is 6.61 Å². The predicted molar refractivity (Wildman–Crippen MR) is 75.7 cm³/mol. The second-order valence-corrected chi connectivity index (χ2v) is 4.50. The maximum Gasteiger partial charge on any atom is 0.272 e. The topological polar surface area (TPSA) is 30.5 Å². The Balaban J connectivity index is 2.73. The van der Waals surface area contributed by atoms with Crippen molar-refractivity contribution in [2.75, 3.05) is 19.8 Å². The SMILES string of the molecule is CCCNCc1ccc(OCCC)cc1OCC(F)F. The third-order valence-corrected chi connectivity index (χ3v) is 2.62. The lowest BCUT2D eigenvalue weighted by atomic mass is 10.2. The second kappa shape index (κ2) is 9.53. The summed E-state index contributed by atoms with van der Waals surface area (Å²) < 4.78 is 35.3. The molecule has 0 unspecified atom stereocenters. The summed E-state index contributed by atoms with van der Waals surface area (Å²) in [4.78, 5) is 0. The zero-order valence-electron chi connectivity index (χ0n) is 12.1. The van der Waals surface area contributed by atoms with E-state index in [1.807, 2.05) is 19.1 Å². The summed E-state index contributed by atoms with van der Waals surface area (Å²) >= 11 is 0. The zero-order valence-corrected chi connectivity index (χ0v) is 12.1. The first kappa shape index (κ1) is 16.7. The van der Waals surface area contributed by atoms with Crippen LogP contribution in [0.4, 0.5) is 8.78 Å². The molecule has 0 heterocycles. The summed E-state index contributed by atoms with van der Waals surface area (Å²) in [7, 11) is 0. The van der Waals surface area contributed by atoms with Crippen LogP contribution in [0.5, 0.6) is 11.5 Å². The number of hydrogen-bond donors (Lipinski definition) is 1. The van der Waals surface area contributed by atoms with Crippen LogP contribution in [0.15, 0.2) is 18.2 Å². The number of rotatable bonds is 10. The molecule has 0 aliphatic carbocycles. The van der Waals surface area contributed by atoms with Gasteiger partial charge >= 0.3 is 0 Å². The lowest BCUT2D eigenvalue weighted by Gasteiger charge is -2.14. The smallest absolute Gasteiger partial charge is 0.272 e. The highest BCUT2D eigenvalue weighted by Gasteiger charge is 2.09. The molecule has 0 saturated carbocycles. The van der Waals surface area contributed by atoms with Gasteiger partial charge in [-0.1, -0.05) is 19.9 Å². The molecule has 114 valence electrons. The summed E-state index contributed by atoms with van der Waals surface area (Å²) in [6.07, 6.45) is -0.565. The Kier molecular flexibility index (Phi) is 7.95. The molecule has 1 aromatic carbocycles. The minimum absolute atomic E-state index is 0.461. The van der Waals surface area contributed by atoms with E-state index in [0.717, 1.165) is 24.9 Å². The molecule has 20 heavy (non-hydrogen) atoms. The van der Waals surface area contributed by atoms with Crippen LogP contribution in [0.2, 0.25) is 0 Å². The van der Waals surface area contributed by atoms with E-state index in [1.165, 1.54) is 0 Å². The maximum atomic E-state index is 12.3. The van der Waals surface area contributed by atoms with E-state index in [1.54, 1.807) is 6.07 Å². The molecule has 5 heteroatoms. The summed E-state index contributed by atoms with van der Waals surface area (Å²) in [6, 6.07) is 5.38. The molecule has 1 rings (SSSR count). The highest BCUT2D eigenvalue weighted by Crippen LogP contribution is 2.25. The van der Waals surface area contributed by atoms with Gasteiger partial charge in [-0.25, -0.2) is 8.78 Å². The number of hydrogen-bond acceptors (Lipinski definition) is 3. The molecular weight excluding hydrogens is 264 g/mol. The maximum absolute atomic E-state index is 12.3. The third kappa shape index (κ3) is 6.19. The highest BCUT2D eigenvalue weighted by atomic mass is 19.3. The molecule has 0 atom stereocenters. The first-order valence-electron chi connectivity index (χ1n) is 7.04. The van der Waals surface area contributed by atoms with Gasteiger partial charge in [-0.2, -0.15) is 0 Å². The quantitative estimate of drug-likeness (QED) is 0.667. The van der Waals surface area contributed by atoms with Gasteiger partial charge in [0.25, 0.3) is 6.43 Å². The van der Waals surface area contributed by atoms with E-state index in [9.17, 15) is 8.78 Å². The number of nitrogens with one attached hydrogen (secondary N) is 1. The first-order valence-corrected chi connectivity index (χ1v) is 7.04. The van der Waals surface area contributed by atoms with Gasteiger partial charge in [0, 0.05) is 18.2 Å². The van der Waals surface area contributed by atoms with Crippen molar-refractivity contribution in [3.63, 3.8) is 0 Å². The zero-order chi connectivity index (χ0) is 14.8. The van der Waals surface area contributed by atoms with Crippen molar-refractivity contribution in [3.8, 4) is 11.5 Å². The predicted octanol–water partition coefficient (Wildman–Crippen LogP) is 3.62. The average molecular weight is 287 g/mol. The van der Waals surface area contributed by atoms with E-state index in [0.29, 0.717) is 24.7 Å². The molecule has 1 N–H and O–H groups in total. The van der Waals surface area contributed by atoms with E-state index >= 15 is 0 Å². The molecular formula is C15H23F2NO2. The number of alkyl halides is 2. The van der Waals surface area contributed by atoms with Crippen LogP contribution in [0.25, 0.3) is 0 Å². The minimum atomic E-state index is -2.48. The van der Waals surface area contributed by atoms with E-state index < -0.39 is 13.0 Å². The fourth-order valence-electron chi connectivity index (χ4n) is 1.68. The van der Waals surface area contributed by atoms with E-state index in [2.05, 4.69) is 12.2 Å². The Bertz CT molecular complexity index is 386. The Labute approximate surface area is 119 Å². The number of benzene rings is 1. The van der Waals surface area contributed by atoms with Crippen LogP contribution in [0.3, 0.4) is 0 Å². The lowest BCUT2D eigenvalue weighted by Crippen LogP contribution is -2.16. The van der Waals surface area contributed by atoms with Gasteiger partial charge < -0.3 is 14.8 Å². The summed E-state index contributed by atoms with van der Waals surface area (Å²) in [5.74, 6) is 1.11. The minimum Gasteiger partial charge on any atom is -0.493 e. The second-order valence-electron chi connectivity index (χ2n) is 4.50. The van der Waals surface area contributed by atoms with Gasteiger partial charge in [-0.05, 0) is 25.5 Å². The molecule has 0 amide bonds. The first-order chi connectivity index (χ1) is 9.67. The van der Waals surface area contributed by atoms with Crippen molar-refractivity contribution in [3.05, 3.63) is 23.8 Å². The average Bonchev–Trinajstić information content (AvgIpc) is 2.44.